The number of nitrogens with zero attached hydrogens (tertiary/aromatic N) is 1. The van der Waals surface area contributed by atoms with Crippen LogP contribution in [0.3, 0.4) is 0 Å². The van der Waals surface area contributed by atoms with Crippen LogP contribution in [0.5, 0.6) is 0 Å². The van der Waals surface area contributed by atoms with Crippen molar-refractivity contribution >= 4 is 5.97 Å². The number of carboxylic acids is 1. The minimum absolute atomic E-state index is 0.0327. The molecule has 2 fully saturated rings. The average Bonchev–Trinajstić information content (AvgIpc) is 2.95. The van der Waals surface area contributed by atoms with Crippen molar-refractivity contribution < 1.29 is 19.4 Å². The van der Waals surface area contributed by atoms with E-state index in [0.717, 1.165) is 13.0 Å². The smallest absolute Gasteiger partial charge is 0.303 e. The third-order valence-electron chi connectivity index (χ3n) is 3.37. The van der Waals surface area contributed by atoms with Gasteiger partial charge in [-0.2, -0.15) is 0 Å². The van der Waals surface area contributed by atoms with Crippen molar-refractivity contribution in [1.29, 1.82) is 0 Å². The highest BCUT2D eigenvalue weighted by Gasteiger charge is 2.26. The van der Waals surface area contributed by atoms with Crippen molar-refractivity contribution in [2.24, 2.45) is 0 Å². The highest BCUT2D eigenvalue weighted by atomic mass is 16.7. The van der Waals surface area contributed by atoms with E-state index in [1.807, 2.05) is 0 Å². The van der Waals surface area contributed by atoms with Crippen molar-refractivity contribution in [3.05, 3.63) is 0 Å². The maximum Gasteiger partial charge on any atom is 0.303 e. The zero-order valence-corrected chi connectivity index (χ0v) is 10.1. The van der Waals surface area contributed by atoms with Crippen LogP contribution in [0.4, 0.5) is 0 Å². The summed E-state index contributed by atoms with van der Waals surface area (Å²) in [6.07, 6.45) is 4.04. The largest absolute Gasteiger partial charge is 0.481 e. The fourth-order valence-electron chi connectivity index (χ4n) is 2.39. The molecular formula is C12H21NO4. The van der Waals surface area contributed by atoms with Crippen molar-refractivity contribution in [2.75, 3.05) is 26.2 Å². The fraction of sp³-hybridized carbons (Fsp3) is 0.917. The molecule has 1 N–H and O–H groups in total. The number of hydrogen-bond acceptors (Lipinski definition) is 4. The van der Waals surface area contributed by atoms with Crippen molar-refractivity contribution in [1.82, 2.24) is 4.90 Å². The fourth-order valence-corrected chi connectivity index (χ4v) is 2.39. The molecule has 0 aromatic heterocycles. The van der Waals surface area contributed by atoms with E-state index in [1.54, 1.807) is 0 Å². The first-order valence-corrected chi connectivity index (χ1v) is 6.45. The number of hydrogen-bond donors (Lipinski definition) is 1. The number of rotatable bonds is 6. The van der Waals surface area contributed by atoms with Gasteiger partial charge in [-0.3, -0.25) is 4.79 Å². The Labute approximate surface area is 102 Å². The summed E-state index contributed by atoms with van der Waals surface area (Å²) < 4.78 is 11.2. The van der Waals surface area contributed by atoms with Gasteiger partial charge in [0.25, 0.3) is 0 Å². The topological polar surface area (TPSA) is 59.0 Å². The minimum atomic E-state index is -0.769. The highest BCUT2D eigenvalue weighted by molar-refractivity contribution is 5.66. The standard InChI is InChI=1S/C12H21NO4/c14-11(15)4-3-10-9-16-12(17-10)5-8-13-6-1-2-7-13/h10,12H,1-9H2,(H,14,15). The molecule has 5 heteroatoms. The van der Waals surface area contributed by atoms with Gasteiger partial charge < -0.3 is 19.5 Å². The molecule has 0 aromatic carbocycles. The van der Waals surface area contributed by atoms with Crippen molar-refractivity contribution in [3.63, 3.8) is 0 Å². The van der Waals surface area contributed by atoms with Crippen LogP contribution in [0.15, 0.2) is 0 Å². The second-order valence-electron chi connectivity index (χ2n) is 4.79. The van der Waals surface area contributed by atoms with Gasteiger partial charge in [0.1, 0.15) is 0 Å². The molecule has 0 aliphatic carbocycles. The first-order chi connectivity index (χ1) is 8.24. The first-order valence-electron chi connectivity index (χ1n) is 6.45. The van der Waals surface area contributed by atoms with Crippen LogP contribution >= 0.6 is 0 Å². The SMILES string of the molecule is O=C(O)CCC1COC(CCN2CCCC2)O1. The second-order valence-corrected chi connectivity index (χ2v) is 4.79. The maximum absolute atomic E-state index is 10.4. The average molecular weight is 243 g/mol. The van der Waals surface area contributed by atoms with E-state index >= 15 is 0 Å². The van der Waals surface area contributed by atoms with Crippen LogP contribution in [0.1, 0.15) is 32.1 Å². The zero-order valence-electron chi connectivity index (χ0n) is 10.1. The third-order valence-corrected chi connectivity index (χ3v) is 3.37. The summed E-state index contributed by atoms with van der Waals surface area (Å²) in [5, 5.41) is 8.58. The molecule has 5 nitrogen and oxygen atoms in total. The molecule has 2 atom stereocenters. The molecule has 2 saturated heterocycles. The Bertz CT molecular complexity index is 253. The van der Waals surface area contributed by atoms with Gasteiger partial charge in [-0.25, -0.2) is 0 Å². The Kier molecular flexibility index (Phi) is 4.76. The summed E-state index contributed by atoms with van der Waals surface area (Å²) in [7, 11) is 0. The molecular weight excluding hydrogens is 222 g/mol. The quantitative estimate of drug-likeness (QED) is 0.756. The summed E-state index contributed by atoms with van der Waals surface area (Å²) in [4.78, 5) is 12.9. The van der Waals surface area contributed by atoms with Crippen LogP contribution in [0, 0.1) is 0 Å². The van der Waals surface area contributed by atoms with Crippen LogP contribution in [0.2, 0.25) is 0 Å². The van der Waals surface area contributed by atoms with E-state index in [-0.39, 0.29) is 18.8 Å². The lowest BCUT2D eigenvalue weighted by molar-refractivity contribution is -0.138. The Morgan fingerprint density at radius 1 is 1.29 bits per heavy atom. The Hall–Kier alpha value is -0.650. The van der Waals surface area contributed by atoms with Crippen LogP contribution < -0.4 is 0 Å². The van der Waals surface area contributed by atoms with Gasteiger partial charge in [0.05, 0.1) is 12.7 Å². The predicted molar refractivity (Wildman–Crippen MR) is 61.8 cm³/mol. The molecule has 98 valence electrons. The van der Waals surface area contributed by atoms with E-state index in [0.29, 0.717) is 13.0 Å². The van der Waals surface area contributed by atoms with Gasteiger partial charge in [0.15, 0.2) is 6.29 Å². The monoisotopic (exact) mass is 243 g/mol. The summed E-state index contributed by atoms with van der Waals surface area (Å²) >= 11 is 0. The first kappa shape index (κ1) is 12.8. The van der Waals surface area contributed by atoms with E-state index in [1.165, 1.54) is 25.9 Å². The molecule has 0 radical (unpaired) electrons. The number of aliphatic carboxylic acids is 1. The van der Waals surface area contributed by atoms with E-state index < -0.39 is 5.97 Å². The molecule has 0 amide bonds. The Morgan fingerprint density at radius 3 is 2.76 bits per heavy atom. The summed E-state index contributed by atoms with van der Waals surface area (Å²) in [5.74, 6) is -0.769. The van der Waals surface area contributed by atoms with Crippen LogP contribution in [-0.4, -0.2) is 54.6 Å². The van der Waals surface area contributed by atoms with Gasteiger partial charge in [0.2, 0.25) is 0 Å². The lowest BCUT2D eigenvalue weighted by Crippen LogP contribution is -2.25. The highest BCUT2D eigenvalue weighted by Crippen LogP contribution is 2.19. The third kappa shape index (κ3) is 4.26. The predicted octanol–water partition coefficient (Wildman–Crippen LogP) is 1.08. The van der Waals surface area contributed by atoms with E-state index in [4.69, 9.17) is 14.6 Å². The molecule has 0 spiro atoms. The lowest BCUT2D eigenvalue weighted by atomic mass is 10.2. The van der Waals surface area contributed by atoms with E-state index in [2.05, 4.69) is 4.90 Å². The van der Waals surface area contributed by atoms with Gasteiger partial charge >= 0.3 is 5.97 Å². The Balaban J connectivity index is 1.58. The molecule has 2 rings (SSSR count). The summed E-state index contributed by atoms with van der Waals surface area (Å²) in [6, 6.07) is 0. The number of likely N-dealkylation sites (tertiary alicyclic amines) is 1. The normalized spacial score (nSPS) is 29.9. The van der Waals surface area contributed by atoms with Gasteiger partial charge in [-0.05, 0) is 32.4 Å². The minimum Gasteiger partial charge on any atom is -0.481 e. The number of carboxylic acid groups (broad SMARTS) is 1. The summed E-state index contributed by atoms with van der Waals surface area (Å²) in [5.41, 5.74) is 0. The van der Waals surface area contributed by atoms with Gasteiger partial charge in [0, 0.05) is 19.4 Å². The van der Waals surface area contributed by atoms with Crippen LogP contribution in [-0.2, 0) is 14.3 Å². The molecule has 0 saturated carbocycles. The van der Waals surface area contributed by atoms with E-state index in [9.17, 15) is 4.79 Å². The molecule has 2 unspecified atom stereocenters. The number of carbonyl (C=O) groups is 1. The molecule has 2 heterocycles. The molecule has 2 aliphatic rings. The zero-order chi connectivity index (χ0) is 12.1. The molecule has 2 aliphatic heterocycles. The van der Waals surface area contributed by atoms with Gasteiger partial charge in [-0.15, -0.1) is 0 Å². The molecule has 0 bridgehead atoms. The lowest BCUT2D eigenvalue weighted by Gasteiger charge is -2.17. The number of ether oxygens (including phenoxy) is 2. The Morgan fingerprint density at radius 2 is 2.06 bits per heavy atom. The molecule has 0 aromatic rings. The van der Waals surface area contributed by atoms with Crippen LogP contribution in [0.25, 0.3) is 0 Å². The second kappa shape index (κ2) is 6.33. The maximum atomic E-state index is 10.4. The molecule has 17 heavy (non-hydrogen) atoms. The summed E-state index contributed by atoms with van der Waals surface area (Å²) in [6.45, 7) is 3.94. The van der Waals surface area contributed by atoms with Crippen molar-refractivity contribution in [3.8, 4) is 0 Å². The van der Waals surface area contributed by atoms with Gasteiger partial charge in [-0.1, -0.05) is 0 Å². The van der Waals surface area contributed by atoms with Crippen molar-refractivity contribution in [2.45, 2.75) is 44.5 Å².